The smallest absolute Gasteiger partial charge is 0.163 e. The highest BCUT2D eigenvalue weighted by Gasteiger charge is 2.15. The molecule has 0 heterocycles. The summed E-state index contributed by atoms with van der Waals surface area (Å²) in [7, 11) is 1.55. The van der Waals surface area contributed by atoms with Gasteiger partial charge in [0.05, 0.1) is 25.9 Å². The van der Waals surface area contributed by atoms with Gasteiger partial charge in [-0.15, -0.1) is 0 Å². The van der Waals surface area contributed by atoms with E-state index >= 15 is 0 Å². The van der Waals surface area contributed by atoms with Gasteiger partial charge in [0.25, 0.3) is 0 Å². The van der Waals surface area contributed by atoms with Crippen molar-refractivity contribution in [3.05, 3.63) is 22.7 Å². The van der Waals surface area contributed by atoms with Crippen LogP contribution in [-0.4, -0.2) is 24.9 Å². The number of nitrogens with two attached hydrogens (primary N) is 1. The van der Waals surface area contributed by atoms with E-state index in [4.69, 9.17) is 31.9 Å². The van der Waals surface area contributed by atoms with E-state index in [-0.39, 0.29) is 12.7 Å². The average molecular weight is 260 g/mol. The van der Waals surface area contributed by atoms with Gasteiger partial charge in [0.2, 0.25) is 0 Å². The number of hydrogen-bond donors (Lipinski definition) is 2. The molecule has 0 aliphatic carbocycles. The third-order valence-corrected chi connectivity index (χ3v) is 2.57. The summed E-state index contributed by atoms with van der Waals surface area (Å²) in [5.41, 5.74) is 6.38. The van der Waals surface area contributed by atoms with E-state index in [2.05, 4.69) is 0 Å². The standard InChI is InChI=1S/C12H18ClNO3/c1-7(2)17-12-5-9(13)8(10(14)6-15)4-11(12)16-3/h4-5,7,10,15H,6,14H2,1-3H3. The molecule has 3 N–H and O–H groups in total. The van der Waals surface area contributed by atoms with Crippen LogP contribution in [-0.2, 0) is 0 Å². The summed E-state index contributed by atoms with van der Waals surface area (Å²) in [6.45, 7) is 3.66. The van der Waals surface area contributed by atoms with Crippen molar-refractivity contribution in [2.24, 2.45) is 5.73 Å². The zero-order valence-corrected chi connectivity index (χ0v) is 11.0. The third kappa shape index (κ3) is 3.49. The van der Waals surface area contributed by atoms with Gasteiger partial charge in [0, 0.05) is 11.1 Å². The molecule has 0 aromatic heterocycles. The Hall–Kier alpha value is -0.970. The quantitative estimate of drug-likeness (QED) is 0.850. The van der Waals surface area contributed by atoms with Gasteiger partial charge in [-0.2, -0.15) is 0 Å². The van der Waals surface area contributed by atoms with Crippen LogP contribution in [0, 0.1) is 0 Å². The van der Waals surface area contributed by atoms with Crippen molar-refractivity contribution >= 4 is 11.6 Å². The molecule has 0 spiro atoms. The Kier molecular flexibility index (Phi) is 5.05. The van der Waals surface area contributed by atoms with Gasteiger partial charge in [0.1, 0.15) is 0 Å². The fourth-order valence-corrected chi connectivity index (χ4v) is 1.73. The summed E-state index contributed by atoms with van der Waals surface area (Å²) in [5, 5.41) is 9.50. The maximum absolute atomic E-state index is 9.04. The van der Waals surface area contributed by atoms with Crippen molar-refractivity contribution < 1.29 is 14.6 Å². The number of methoxy groups -OCH3 is 1. The highest BCUT2D eigenvalue weighted by atomic mass is 35.5. The number of rotatable bonds is 5. The Balaban J connectivity index is 3.14. The molecule has 0 radical (unpaired) electrons. The van der Waals surface area contributed by atoms with E-state index in [1.165, 1.54) is 0 Å². The number of ether oxygens (including phenoxy) is 2. The zero-order chi connectivity index (χ0) is 13.0. The molecular formula is C12H18ClNO3. The lowest BCUT2D eigenvalue weighted by Crippen LogP contribution is -2.15. The van der Waals surface area contributed by atoms with E-state index in [0.717, 1.165) is 0 Å². The second-order valence-corrected chi connectivity index (χ2v) is 4.39. The minimum atomic E-state index is -0.524. The predicted molar refractivity (Wildman–Crippen MR) is 67.8 cm³/mol. The minimum absolute atomic E-state index is 0.0253. The van der Waals surface area contributed by atoms with Gasteiger partial charge in [-0.3, -0.25) is 0 Å². The molecule has 1 atom stereocenters. The van der Waals surface area contributed by atoms with Crippen LogP contribution < -0.4 is 15.2 Å². The normalized spacial score (nSPS) is 12.6. The van der Waals surface area contributed by atoms with Crippen molar-refractivity contribution in [3.63, 3.8) is 0 Å². The maximum Gasteiger partial charge on any atom is 0.163 e. The fourth-order valence-electron chi connectivity index (χ4n) is 1.44. The summed E-state index contributed by atoms with van der Waals surface area (Å²) < 4.78 is 10.8. The van der Waals surface area contributed by atoms with E-state index in [0.29, 0.717) is 22.1 Å². The molecule has 0 amide bonds. The lowest BCUT2D eigenvalue weighted by Gasteiger charge is -2.17. The molecular weight excluding hydrogens is 242 g/mol. The van der Waals surface area contributed by atoms with Crippen LogP contribution in [0.3, 0.4) is 0 Å². The first-order valence-electron chi connectivity index (χ1n) is 5.40. The minimum Gasteiger partial charge on any atom is -0.493 e. The Bertz CT molecular complexity index is 382. The first-order chi connectivity index (χ1) is 7.99. The van der Waals surface area contributed by atoms with Crippen LogP contribution in [0.15, 0.2) is 12.1 Å². The molecule has 0 fully saturated rings. The first kappa shape index (κ1) is 14.1. The predicted octanol–water partition coefficient (Wildman–Crippen LogP) is 2.13. The highest BCUT2D eigenvalue weighted by Crippen LogP contribution is 2.35. The summed E-state index contributed by atoms with van der Waals surface area (Å²) in [6.07, 6.45) is 0.0253. The summed E-state index contributed by atoms with van der Waals surface area (Å²) in [6, 6.07) is 2.83. The molecule has 0 aliphatic rings. The van der Waals surface area contributed by atoms with Crippen LogP contribution in [0.1, 0.15) is 25.5 Å². The van der Waals surface area contributed by atoms with Crippen molar-refractivity contribution in [2.75, 3.05) is 13.7 Å². The number of benzene rings is 1. The van der Waals surface area contributed by atoms with E-state index in [9.17, 15) is 0 Å². The zero-order valence-electron chi connectivity index (χ0n) is 10.2. The first-order valence-corrected chi connectivity index (χ1v) is 5.78. The molecule has 1 unspecified atom stereocenters. The number of aliphatic hydroxyl groups is 1. The van der Waals surface area contributed by atoms with Gasteiger partial charge in [-0.1, -0.05) is 11.6 Å². The van der Waals surface area contributed by atoms with Crippen molar-refractivity contribution in [1.82, 2.24) is 0 Å². The monoisotopic (exact) mass is 259 g/mol. The molecule has 1 aromatic rings. The SMILES string of the molecule is COc1cc(C(N)CO)c(Cl)cc1OC(C)C. The molecule has 1 rings (SSSR count). The molecule has 0 saturated heterocycles. The summed E-state index contributed by atoms with van der Waals surface area (Å²) in [4.78, 5) is 0. The molecule has 1 aromatic carbocycles. The van der Waals surface area contributed by atoms with Crippen LogP contribution in [0.4, 0.5) is 0 Å². The number of hydrogen-bond acceptors (Lipinski definition) is 4. The van der Waals surface area contributed by atoms with Crippen molar-refractivity contribution in [2.45, 2.75) is 26.0 Å². The Morgan fingerprint density at radius 2 is 2.00 bits per heavy atom. The number of aliphatic hydroxyl groups excluding tert-OH is 1. The van der Waals surface area contributed by atoms with E-state index in [1.807, 2.05) is 13.8 Å². The molecule has 5 heteroatoms. The van der Waals surface area contributed by atoms with Gasteiger partial charge in [-0.25, -0.2) is 0 Å². The lowest BCUT2D eigenvalue weighted by atomic mass is 10.1. The Labute approximate surface area is 106 Å². The molecule has 96 valence electrons. The Morgan fingerprint density at radius 1 is 1.35 bits per heavy atom. The molecule has 0 bridgehead atoms. The Morgan fingerprint density at radius 3 is 2.47 bits per heavy atom. The van der Waals surface area contributed by atoms with Crippen LogP contribution >= 0.6 is 11.6 Å². The van der Waals surface area contributed by atoms with E-state index < -0.39 is 6.04 Å². The second kappa shape index (κ2) is 6.10. The maximum atomic E-state index is 9.04. The number of halogens is 1. The summed E-state index contributed by atoms with van der Waals surface area (Å²) in [5.74, 6) is 1.13. The van der Waals surface area contributed by atoms with Crippen molar-refractivity contribution in [1.29, 1.82) is 0 Å². The van der Waals surface area contributed by atoms with Crippen LogP contribution in [0.5, 0.6) is 11.5 Å². The van der Waals surface area contributed by atoms with Gasteiger partial charge in [-0.05, 0) is 25.5 Å². The largest absolute Gasteiger partial charge is 0.493 e. The molecule has 4 nitrogen and oxygen atoms in total. The van der Waals surface area contributed by atoms with Gasteiger partial charge >= 0.3 is 0 Å². The lowest BCUT2D eigenvalue weighted by molar-refractivity contribution is 0.229. The van der Waals surface area contributed by atoms with Crippen LogP contribution in [0.2, 0.25) is 5.02 Å². The molecule has 17 heavy (non-hydrogen) atoms. The van der Waals surface area contributed by atoms with Gasteiger partial charge < -0.3 is 20.3 Å². The second-order valence-electron chi connectivity index (χ2n) is 3.98. The molecule has 0 aliphatic heterocycles. The molecule has 0 saturated carbocycles. The average Bonchev–Trinajstić information content (AvgIpc) is 2.27. The summed E-state index contributed by atoms with van der Waals surface area (Å²) >= 11 is 6.09. The highest BCUT2D eigenvalue weighted by molar-refractivity contribution is 6.31. The van der Waals surface area contributed by atoms with Gasteiger partial charge in [0.15, 0.2) is 11.5 Å². The topological polar surface area (TPSA) is 64.7 Å². The van der Waals surface area contributed by atoms with Crippen LogP contribution in [0.25, 0.3) is 0 Å². The third-order valence-electron chi connectivity index (χ3n) is 2.24. The van der Waals surface area contributed by atoms with Crippen molar-refractivity contribution in [3.8, 4) is 11.5 Å². The van der Waals surface area contributed by atoms with E-state index in [1.54, 1.807) is 19.2 Å². The fraction of sp³-hybridized carbons (Fsp3) is 0.500.